The van der Waals surface area contributed by atoms with Gasteiger partial charge >= 0.3 is 0 Å². The summed E-state index contributed by atoms with van der Waals surface area (Å²) in [6.45, 7) is 4.69. The van der Waals surface area contributed by atoms with E-state index in [0.29, 0.717) is 29.3 Å². The number of aryl methyl sites for hydroxylation is 2. The van der Waals surface area contributed by atoms with E-state index in [1.165, 1.54) is 11.3 Å². The summed E-state index contributed by atoms with van der Waals surface area (Å²) in [7, 11) is -3.57. The number of unbranched alkanes of at least 4 members (excludes halogenated alkanes) is 1. The third kappa shape index (κ3) is 3.88. The van der Waals surface area contributed by atoms with E-state index >= 15 is 0 Å². The number of nitrogens with zero attached hydrogens (tertiary/aromatic N) is 1. The van der Waals surface area contributed by atoms with Crippen LogP contribution in [0, 0.1) is 6.92 Å². The van der Waals surface area contributed by atoms with E-state index in [-0.39, 0.29) is 5.91 Å². The van der Waals surface area contributed by atoms with Crippen molar-refractivity contribution in [3.05, 3.63) is 40.8 Å². The molecule has 5 nitrogen and oxygen atoms in total. The highest BCUT2D eigenvalue weighted by Crippen LogP contribution is 2.32. The highest BCUT2D eigenvalue weighted by molar-refractivity contribution is 7.94. The lowest BCUT2D eigenvalue weighted by atomic mass is 10.00. The molecule has 134 valence electrons. The van der Waals surface area contributed by atoms with Gasteiger partial charge in [-0.3, -0.25) is 9.52 Å². The molecule has 0 saturated heterocycles. The molecule has 0 atom stereocenters. The Morgan fingerprint density at radius 3 is 2.68 bits per heavy atom. The first-order valence-electron chi connectivity index (χ1n) is 8.43. The topological polar surface area (TPSA) is 66.5 Å². The molecule has 0 aliphatic carbocycles. The fourth-order valence-corrected chi connectivity index (χ4v) is 5.28. The van der Waals surface area contributed by atoms with E-state index in [9.17, 15) is 13.2 Å². The Hall–Kier alpha value is -1.86. The van der Waals surface area contributed by atoms with E-state index in [1.807, 2.05) is 24.0 Å². The van der Waals surface area contributed by atoms with Gasteiger partial charge in [0.25, 0.3) is 10.0 Å². The molecule has 1 aromatic heterocycles. The van der Waals surface area contributed by atoms with Crippen molar-refractivity contribution in [3.63, 3.8) is 0 Å². The van der Waals surface area contributed by atoms with E-state index in [0.717, 1.165) is 29.0 Å². The predicted octanol–water partition coefficient (Wildman–Crippen LogP) is 3.94. The lowest BCUT2D eigenvalue weighted by Gasteiger charge is -2.29. The summed E-state index contributed by atoms with van der Waals surface area (Å²) in [6.07, 6.45) is 3.09. The van der Waals surface area contributed by atoms with Gasteiger partial charge in [0.05, 0.1) is 0 Å². The van der Waals surface area contributed by atoms with Crippen molar-refractivity contribution in [2.75, 3.05) is 16.2 Å². The van der Waals surface area contributed by atoms with Crippen LogP contribution in [0.3, 0.4) is 0 Å². The summed E-state index contributed by atoms with van der Waals surface area (Å²) in [5.41, 5.74) is 2.45. The second kappa shape index (κ2) is 7.17. The minimum absolute atomic E-state index is 0.142. The summed E-state index contributed by atoms with van der Waals surface area (Å²) >= 11 is 1.25. The van der Waals surface area contributed by atoms with Crippen LogP contribution in [0.2, 0.25) is 0 Å². The van der Waals surface area contributed by atoms with Crippen molar-refractivity contribution in [2.24, 2.45) is 0 Å². The van der Waals surface area contributed by atoms with Crippen molar-refractivity contribution in [2.45, 2.75) is 43.7 Å². The molecule has 25 heavy (non-hydrogen) atoms. The minimum atomic E-state index is -3.57. The molecular weight excluding hydrogens is 356 g/mol. The number of benzene rings is 1. The van der Waals surface area contributed by atoms with E-state index < -0.39 is 10.0 Å². The highest BCUT2D eigenvalue weighted by atomic mass is 32.2. The van der Waals surface area contributed by atoms with Crippen molar-refractivity contribution in [3.8, 4) is 0 Å². The summed E-state index contributed by atoms with van der Waals surface area (Å²) < 4.78 is 27.9. The SMILES string of the molecule is CCCCN1C(=O)CCc2cc(NS(=O)(=O)c3ccc(C)s3)ccc21. The Bertz CT molecular complexity index is 887. The number of anilines is 2. The fraction of sp³-hybridized carbons (Fsp3) is 0.389. The van der Waals surface area contributed by atoms with Crippen LogP contribution in [0.1, 0.15) is 36.6 Å². The third-order valence-corrected chi connectivity index (χ3v) is 7.12. The first-order chi connectivity index (χ1) is 11.9. The zero-order valence-corrected chi connectivity index (χ0v) is 16.0. The normalized spacial score (nSPS) is 14.5. The maximum absolute atomic E-state index is 12.5. The molecule has 0 radical (unpaired) electrons. The van der Waals surface area contributed by atoms with Crippen LogP contribution in [0.25, 0.3) is 0 Å². The molecule has 1 aliphatic heterocycles. The van der Waals surface area contributed by atoms with E-state index in [2.05, 4.69) is 11.6 Å². The Kier molecular flexibility index (Phi) is 5.15. The molecule has 1 aliphatic rings. The molecular formula is C18H22N2O3S2. The number of carbonyl (C=O) groups excluding carboxylic acids is 1. The maximum atomic E-state index is 12.5. The smallest absolute Gasteiger partial charge is 0.271 e. The van der Waals surface area contributed by atoms with Crippen molar-refractivity contribution < 1.29 is 13.2 Å². The number of nitrogens with one attached hydrogen (secondary N) is 1. The Labute approximate surface area is 152 Å². The summed E-state index contributed by atoms with van der Waals surface area (Å²) in [5.74, 6) is 0.142. The summed E-state index contributed by atoms with van der Waals surface area (Å²) in [4.78, 5) is 15.0. The van der Waals surface area contributed by atoms with Gasteiger partial charge in [0, 0.05) is 29.2 Å². The summed E-state index contributed by atoms with van der Waals surface area (Å²) in [6, 6.07) is 8.84. The molecule has 0 fully saturated rings. The zero-order chi connectivity index (χ0) is 18.0. The lowest BCUT2D eigenvalue weighted by Crippen LogP contribution is -2.35. The van der Waals surface area contributed by atoms with Gasteiger partial charge in [-0.15, -0.1) is 11.3 Å². The number of amides is 1. The van der Waals surface area contributed by atoms with Gasteiger partial charge in [-0.1, -0.05) is 13.3 Å². The Balaban J connectivity index is 1.85. The number of hydrogen-bond donors (Lipinski definition) is 1. The molecule has 0 spiro atoms. The quantitative estimate of drug-likeness (QED) is 0.828. The second-order valence-electron chi connectivity index (χ2n) is 6.21. The van der Waals surface area contributed by atoms with Crippen molar-refractivity contribution in [1.29, 1.82) is 0 Å². The number of thiophene rings is 1. The molecule has 2 aromatic rings. The largest absolute Gasteiger partial charge is 0.312 e. The molecule has 1 amide bonds. The molecule has 2 heterocycles. The summed E-state index contributed by atoms with van der Waals surface area (Å²) in [5, 5.41) is 0. The number of sulfonamides is 1. The van der Waals surface area contributed by atoms with Gasteiger partial charge in [-0.2, -0.15) is 0 Å². The first kappa shape index (κ1) is 17.9. The van der Waals surface area contributed by atoms with Gasteiger partial charge in [0.1, 0.15) is 4.21 Å². The number of fused-ring (bicyclic) bond motifs is 1. The molecule has 3 rings (SSSR count). The Morgan fingerprint density at radius 2 is 2.00 bits per heavy atom. The van der Waals surface area contributed by atoms with Crippen LogP contribution >= 0.6 is 11.3 Å². The van der Waals surface area contributed by atoms with Gasteiger partial charge in [-0.05, 0) is 55.7 Å². The predicted molar refractivity (Wildman–Crippen MR) is 102 cm³/mol. The monoisotopic (exact) mass is 378 g/mol. The number of hydrogen-bond acceptors (Lipinski definition) is 4. The molecule has 0 saturated carbocycles. The van der Waals surface area contributed by atoms with E-state index in [4.69, 9.17) is 0 Å². The third-order valence-electron chi connectivity index (χ3n) is 4.25. The van der Waals surface area contributed by atoms with Gasteiger partial charge < -0.3 is 4.90 Å². The number of carbonyl (C=O) groups is 1. The Morgan fingerprint density at radius 1 is 1.20 bits per heavy atom. The highest BCUT2D eigenvalue weighted by Gasteiger charge is 2.24. The second-order valence-corrected chi connectivity index (χ2v) is 9.41. The standard InChI is InChI=1S/C18H22N2O3S2/c1-3-4-11-20-16-8-7-15(12-14(16)6-9-17(20)21)19-25(22,23)18-10-5-13(2)24-18/h5,7-8,10,12,19H,3-4,6,9,11H2,1-2H3. The van der Waals surface area contributed by atoms with Gasteiger partial charge in [-0.25, -0.2) is 8.42 Å². The average molecular weight is 379 g/mol. The van der Waals surface area contributed by atoms with Crippen molar-refractivity contribution in [1.82, 2.24) is 0 Å². The number of rotatable bonds is 6. The molecule has 0 unspecified atom stereocenters. The average Bonchev–Trinajstić information content (AvgIpc) is 3.01. The molecule has 1 aromatic carbocycles. The maximum Gasteiger partial charge on any atom is 0.271 e. The molecule has 0 bridgehead atoms. The van der Waals surface area contributed by atoms with Crippen LogP contribution in [0.5, 0.6) is 0 Å². The van der Waals surface area contributed by atoms with Gasteiger partial charge in [0.2, 0.25) is 5.91 Å². The van der Waals surface area contributed by atoms with Crippen LogP contribution in [0.4, 0.5) is 11.4 Å². The minimum Gasteiger partial charge on any atom is -0.312 e. The fourth-order valence-electron chi connectivity index (χ4n) is 2.95. The van der Waals surface area contributed by atoms with E-state index in [1.54, 1.807) is 18.2 Å². The first-order valence-corrected chi connectivity index (χ1v) is 10.7. The van der Waals surface area contributed by atoms with Crippen LogP contribution in [0.15, 0.2) is 34.5 Å². The van der Waals surface area contributed by atoms with Crippen LogP contribution < -0.4 is 9.62 Å². The molecule has 1 N–H and O–H groups in total. The zero-order valence-electron chi connectivity index (χ0n) is 14.4. The van der Waals surface area contributed by atoms with Crippen molar-refractivity contribution >= 4 is 38.6 Å². The van der Waals surface area contributed by atoms with Crippen LogP contribution in [-0.2, 0) is 21.2 Å². The lowest BCUT2D eigenvalue weighted by molar-refractivity contribution is -0.118. The molecule has 7 heteroatoms. The van der Waals surface area contributed by atoms with Gasteiger partial charge in [0.15, 0.2) is 0 Å². The van der Waals surface area contributed by atoms with Crippen LogP contribution in [-0.4, -0.2) is 20.9 Å².